The number of nitrogens with zero attached hydrogens (tertiary/aromatic N) is 3. The smallest absolute Gasteiger partial charge is 0.408 e. The van der Waals surface area contributed by atoms with E-state index in [1.165, 1.54) is 18.2 Å². The minimum atomic E-state index is -0.367. The number of Topliss-reactive ketones (excluding diaryl/α,β-unsaturated/α-hetero) is 1. The first-order chi connectivity index (χ1) is 13.5. The molecule has 146 valence electrons. The predicted octanol–water partition coefficient (Wildman–Crippen LogP) is 2.93. The normalized spacial score (nSPS) is 15.3. The number of hydrogen-bond donors (Lipinski definition) is 0. The van der Waals surface area contributed by atoms with Gasteiger partial charge in [-0.15, -0.1) is 0 Å². The summed E-state index contributed by atoms with van der Waals surface area (Å²) in [4.78, 5) is 28.5. The molecular weight excluding hydrogens is 354 g/mol. The molecule has 0 N–H and O–H groups in total. The molecular formula is C22H25N3O3. The number of carbonyl (C=O) groups is 1. The molecule has 1 fully saturated rings. The molecule has 1 aromatic heterocycles. The van der Waals surface area contributed by atoms with Crippen molar-refractivity contribution in [3.05, 3.63) is 64.1 Å². The second kappa shape index (κ2) is 7.64. The van der Waals surface area contributed by atoms with E-state index in [9.17, 15) is 9.59 Å². The number of piperazine rings is 1. The van der Waals surface area contributed by atoms with E-state index >= 15 is 0 Å². The molecule has 0 amide bonds. The summed E-state index contributed by atoms with van der Waals surface area (Å²) in [6.45, 7) is 8.87. The fourth-order valence-electron chi connectivity index (χ4n) is 3.72. The van der Waals surface area contributed by atoms with Crippen molar-refractivity contribution in [2.24, 2.45) is 0 Å². The maximum atomic E-state index is 12.2. The average Bonchev–Trinajstić information content (AvgIpc) is 3.01. The lowest BCUT2D eigenvalue weighted by Gasteiger charge is -2.36. The van der Waals surface area contributed by atoms with Crippen molar-refractivity contribution in [3.8, 4) is 0 Å². The van der Waals surface area contributed by atoms with Crippen LogP contribution >= 0.6 is 0 Å². The number of hydrogen-bond acceptors (Lipinski definition) is 5. The molecule has 28 heavy (non-hydrogen) atoms. The molecule has 1 aliphatic heterocycles. The lowest BCUT2D eigenvalue weighted by atomic mass is 10.1. The van der Waals surface area contributed by atoms with Crippen molar-refractivity contribution in [2.45, 2.75) is 20.4 Å². The summed E-state index contributed by atoms with van der Waals surface area (Å²) in [6, 6.07) is 13.8. The quantitative estimate of drug-likeness (QED) is 0.638. The molecule has 0 atom stereocenters. The van der Waals surface area contributed by atoms with E-state index in [1.807, 2.05) is 0 Å². The third-order valence-corrected chi connectivity index (χ3v) is 5.49. The molecule has 1 aliphatic rings. The van der Waals surface area contributed by atoms with Crippen LogP contribution in [0.1, 0.15) is 22.8 Å². The van der Waals surface area contributed by atoms with Gasteiger partial charge < -0.3 is 9.32 Å². The van der Waals surface area contributed by atoms with E-state index in [0.717, 1.165) is 38.2 Å². The Morgan fingerprint density at radius 2 is 1.71 bits per heavy atom. The number of ketones is 1. The number of fused-ring (bicyclic) bond motifs is 1. The second-order valence-electron chi connectivity index (χ2n) is 7.42. The van der Waals surface area contributed by atoms with Gasteiger partial charge in [-0.1, -0.05) is 17.7 Å². The Morgan fingerprint density at radius 3 is 2.39 bits per heavy atom. The molecule has 0 aliphatic carbocycles. The number of aryl methyl sites for hydroxylation is 1. The fraction of sp³-hybridized carbons (Fsp3) is 0.364. The van der Waals surface area contributed by atoms with Crippen molar-refractivity contribution >= 4 is 22.6 Å². The Kier molecular flexibility index (Phi) is 5.05. The van der Waals surface area contributed by atoms with E-state index < -0.39 is 0 Å². The number of anilines is 1. The highest BCUT2D eigenvalue weighted by Crippen LogP contribution is 2.18. The van der Waals surface area contributed by atoms with Crippen LogP contribution in [0.25, 0.3) is 11.1 Å². The molecule has 3 aromatic rings. The van der Waals surface area contributed by atoms with Crippen LogP contribution in [0, 0.1) is 6.92 Å². The van der Waals surface area contributed by atoms with Gasteiger partial charge >= 0.3 is 5.76 Å². The molecule has 0 unspecified atom stereocenters. The highest BCUT2D eigenvalue weighted by molar-refractivity contribution is 5.96. The Balaban J connectivity index is 1.39. The number of benzene rings is 2. The molecule has 1 saturated heterocycles. The zero-order chi connectivity index (χ0) is 19.7. The van der Waals surface area contributed by atoms with E-state index in [-0.39, 0.29) is 11.5 Å². The Labute approximate surface area is 164 Å². The summed E-state index contributed by atoms with van der Waals surface area (Å²) in [5.74, 6) is -0.405. The standard InChI is InChI=1S/C22H25N3O3/c1-16-3-6-19(7-4-16)24-12-9-23(10-13-24)11-14-25-20-8-5-18(17(2)26)15-21(20)28-22(25)27/h3-8,15H,9-14H2,1-2H3. The summed E-state index contributed by atoms with van der Waals surface area (Å²) >= 11 is 0. The van der Waals surface area contributed by atoms with Gasteiger partial charge in [-0.25, -0.2) is 4.79 Å². The summed E-state index contributed by atoms with van der Waals surface area (Å²) in [5.41, 5.74) is 4.31. The van der Waals surface area contributed by atoms with Crippen molar-refractivity contribution < 1.29 is 9.21 Å². The molecule has 0 radical (unpaired) electrons. The topological polar surface area (TPSA) is 58.7 Å². The lowest BCUT2D eigenvalue weighted by molar-refractivity contribution is 0.101. The summed E-state index contributed by atoms with van der Waals surface area (Å²) in [5, 5.41) is 0. The molecule has 2 heterocycles. The van der Waals surface area contributed by atoms with Gasteiger partial charge in [0.15, 0.2) is 11.4 Å². The monoisotopic (exact) mass is 379 g/mol. The summed E-state index contributed by atoms with van der Waals surface area (Å²) in [6.07, 6.45) is 0. The lowest BCUT2D eigenvalue weighted by Crippen LogP contribution is -2.47. The van der Waals surface area contributed by atoms with Crippen LogP contribution in [0.3, 0.4) is 0 Å². The van der Waals surface area contributed by atoms with E-state index in [1.54, 1.807) is 22.8 Å². The zero-order valence-corrected chi connectivity index (χ0v) is 16.4. The van der Waals surface area contributed by atoms with Gasteiger partial charge in [0.1, 0.15) is 0 Å². The number of aromatic nitrogens is 1. The zero-order valence-electron chi connectivity index (χ0n) is 16.4. The minimum absolute atomic E-state index is 0.0382. The maximum Gasteiger partial charge on any atom is 0.419 e. The van der Waals surface area contributed by atoms with Crippen molar-refractivity contribution in [1.82, 2.24) is 9.47 Å². The van der Waals surface area contributed by atoms with Crippen LogP contribution in [0.2, 0.25) is 0 Å². The van der Waals surface area contributed by atoms with E-state index in [0.29, 0.717) is 17.7 Å². The van der Waals surface area contributed by atoms with Crippen molar-refractivity contribution in [3.63, 3.8) is 0 Å². The molecule has 6 heteroatoms. The van der Waals surface area contributed by atoms with Gasteiger partial charge in [0.05, 0.1) is 5.52 Å². The largest absolute Gasteiger partial charge is 0.419 e. The van der Waals surface area contributed by atoms with Crippen LogP contribution in [-0.2, 0) is 6.54 Å². The predicted molar refractivity (Wildman–Crippen MR) is 110 cm³/mol. The fourth-order valence-corrected chi connectivity index (χ4v) is 3.72. The molecule has 4 rings (SSSR count). The van der Waals surface area contributed by atoms with E-state index in [2.05, 4.69) is 41.0 Å². The highest BCUT2D eigenvalue weighted by atomic mass is 16.4. The van der Waals surface area contributed by atoms with Gasteiger partial charge in [-0.05, 0) is 44.2 Å². The molecule has 6 nitrogen and oxygen atoms in total. The first-order valence-electron chi connectivity index (χ1n) is 9.69. The first kappa shape index (κ1) is 18.5. The number of rotatable bonds is 5. The van der Waals surface area contributed by atoms with Crippen LogP contribution in [0.5, 0.6) is 0 Å². The summed E-state index contributed by atoms with van der Waals surface area (Å²) in [7, 11) is 0. The third kappa shape index (κ3) is 3.73. The van der Waals surface area contributed by atoms with Crippen LogP contribution in [-0.4, -0.2) is 48.0 Å². The van der Waals surface area contributed by atoms with Crippen LogP contribution in [0.15, 0.2) is 51.7 Å². The number of oxazole rings is 1. The van der Waals surface area contributed by atoms with Gasteiger partial charge in [0, 0.05) is 50.5 Å². The molecule has 0 bridgehead atoms. The SMILES string of the molecule is CC(=O)c1ccc2c(c1)oc(=O)n2CCN1CCN(c2ccc(C)cc2)CC1. The Bertz CT molecular complexity index is 1040. The first-order valence-corrected chi connectivity index (χ1v) is 9.69. The van der Waals surface area contributed by atoms with Crippen LogP contribution in [0.4, 0.5) is 5.69 Å². The Hall–Kier alpha value is -2.86. The van der Waals surface area contributed by atoms with Crippen molar-refractivity contribution in [2.75, 3.05) is 37.6 Å². The minimum Gasteiger partial charge on any atom is -0.408 e. The van der Waals surface area contributed by atoms with Gasteiger partial charge in [-0.2, -0.15) is 0 Å². The summed E-state index contributed by atoms with van der Waals surface area (Å²) < 4.78 is 7.00. The van der Waals surface area contributed by atoms with Gasteiger partial charge in [0.2, 0.25) is 0 Å². The number of carbonyl (C=O) groups excluding carboxylic acids is 1. The van der Waals surface area contributed by atoms with Gasteiger partial charge in [-0.3, -0.25) is 14.3 Å². The Morgan fingerprint density at radius 1 is 1.00 bits per heavy atom. The molecule has 0 saturated carbocycles. The average molecular weight is 379 g/mol. The molecule has 0 spiro atoms. The van der Waals surface area contributed by atoms with Gasteiger partial charge in [0.25, 0.3) is 0 Å². The third-order valence-electron chi connectivity index (χ3n) is 5.49. The van der Waals surface area contributed by atoms with Crippen molar-refractivity contribution in [1.29, 1.82) is 0 Å². The molecule has 2 aromatic carbocycles. The second-order valence-corrected chi connectivity index (χ2v) is 7.42. The van der Waals surface area contributed by atoms with Crippen LogP contribution < -0.4 is 10.7 Å². The van der Waals surface area contributed by atoms with E-state index in [4.69, 9.17) is 4.42 Å². The maximum absolute atomic E-state index is 12.2. The highest BCUT2D eigenvalue weighted by Gasteiger charge is 2.18.